The van der Waals surface area contributed by atoms with Crippen molar-refractivity contribution < 1.29 is 14.2 Å². The Kier molecular flexibility index (Phi) is 3.94. The van der Waals surface area contributed by atoms with Crippen molar-refractivity contribution in [1.29, 1.82) is 0 Å². The molecule has 8 nitrogen and oxygen atoms in total. The zero-order chi connectivity index (χ0) is 14.5. The molecule has 8 heteroatoms. The third-order valence-electron chi connectivity index (χ3n) is 2.65. The normalized spacial score (nSPS) is 10.1. The Bertz CT molecular complexity index is 624. The van der Waals surface area contributed by atoms with Crippen molar-refractivity contribution in [3.05, 3.63) is 51.9 Å². The molecule has 0 aliphatic heterocycles. The molecule has 1 heterocycles. The number of hydrogen-bond donors (Lipinski definition) is 2. The number of amides is 1. The van der Waals surface area contributed by atoms with Crippen molar-refractivity contribution in [2.75, 3.05) is 12.4 Å². The zero-order valence-corrected chi connectivity index (χ0v) is 10.6. The topological polar surface area (TPSA) is 110 Å². The molecule has 1 amide bonds. The molecule has 2 N–H and O–H groups in total. The monoisotopic (exact) mass is 276 g/mol. The number of carbonyl (C=O) groups is 1. The molecule has 1 aromatic heterocycles. The van der Waals surface area contributed by atoms with E-state index < -0.39 is 10.8 Å². The summed E-state index contributed by atoms with van der Waals surface area (Å²) in [5.74, 6) is -0.0871. The van der Waals surface area contributed by atoms with E-state index in [0.717, 1.165) is 0 Å². The molecule has 104 valence electrons. The van der Waals surface area contributed by atoms with Crippen LogP contribution in [0.2, 0.25) is 0 Å². The molecule has 0 spiro atoms. The van der Waals surface area contributed by atoms with Gasteiger partial charge in [-0.3, -0.25) is 14.9 Å². The number of nitrogens with zero attached hydrogens (tertiary/aromatic N) is 2. The number of hydrogen-bond acceptors (Lipinski definition) is 6. The van der Waals surface area contributed by atoms with Gasteiger partial charge in [-0.15, -0.1) is 0 Å². The van der Waals surface area contributed by atoms with Crippen molar-refractivity contribution in [1.82, 2.24) is 10.5 Å². The van der Waals surface area contributed by atoms with Crippen molar-refractivity contribution in [3.8, 4) is 0 Å². The number of aromatic nitrogens is 1. The van der Waals surface area contributed by atoms with E-state index in [2.05, 4.69) is 15.8 Å². The van der Waals surface area contributed by atoms with Crippen LogP contribution >= 0.6 is 0 Å². The first-order valence-corrected chi connectivity index (χ1v) is 5.76. The maximum absolute atomic E-state index is 12.0. The molecule has 0 saturated carbocycles. The SMILES string of the molecule is CNc1cccc(C(=O)NCc2ccno2)c1[N+](=O)[O-]. The first-order valence-electron chi connectivity index (χ1n) is 5.76. The molecule has 2 aromatic rings. The van der Waals surface area contributed by atoms with Crippen LogP contribution in [0.4, 0.5) is 11.4 Å². The van der Waals surface area contributed by atoms with Crippen molar-refractivity contribution >= 4 is 17.3 Å². The van der Waals surface area contributed by atoms with E-state index in [9.17, 15) is 14.9 Å². The zero-order valence-electron chi connectivity index (χ0n) is 10.6. The average Bonchev–Trinajstić information content (AvgIpc) is 2.96. The minimum absolute atomic E-state index is 0.0126. The summed E-state index contributed by atoms with van der Waals surface area (Å²) in [5.41, 5.74) is 0.00810. The molecular formula is C12H12N4O4. The minimum Gasteiger partial charge on any atom is -0.383 e. The van der Waals surface area contributed by atoms with Crippen LogP contribution in [0.15, 0.2) is 35.0 Å². The Morgan fingerprint density at radius 2 is 2.25 bits per heavy atom. The summed E-state index contributed by atoms with van der Waals surface area (Å²) in [6, 6.07) is 6.10. The average molecular weight is 276 g/mol. The number of carbonyl (C=O) groups excluding carboxylic acids is 1. The first kappa shape index (κ1) is 13.5. The lowest BCUT2D eigenvalue weighted by Gasteiger charge is -2.07. The van der Waals surface area contributed by atoms with Crippen molar-refractivity contribution in [2.45, 2.75) is 6.54 Å². The van der Waals surface area contributed by atoms with Gasteiger partial charge in [0.25, 0.3) is 5.91 Å². The fourth-order valence-corrected chi connectivity index (χ4v) is 1.72. The first-order chi connectivity index (χ1) is 9.63. The Morgan fingerprint density at radius 1 is 1.45 bits per heavy atom. The number of para-hydroxylation sites is 1. The van der Waals surface area contributed by atoms with E-state index in [1.165, 1.54) is 18.3 Å². The van der Waals surface area contributed by atoms with Gasteiger partial charge < -0.3 is 15.2 Å². The summed E-state index contributed by atoms with van der Waals surface area (Å²) < 4.78 is 4.83. The second-order valence-electron chi connectivity index (χ2n) is 3.87. The molecule has 0 bridgehead atoms. The van der Waals surface area contributed by atoms with E-state index in [4.69, 9.17) is 4.52 Å². The molecule has 0 radical (unpaired) electrons. The Balaban J connectivity index is 2.23. The lowest BCUT2D eigenvalue weighted by atomic mass is 10.1. The van der Waals surface area contributed by atoms with E-state index >= 15 is 0 Å². The van der Waals surface area contributed by atoms with Crippen LogP contribution in [0, 0.1) is 10.1 Å². The van der Waals surface area contributed by atoms with Gasteiger partial charge >= 0.3 is 5.69 Å². The molecular weight excluding hydrogens is 264 g/mol. The predicted molar refractivity (Wildman–Crippen MR) is 70.3 cm³/mol. The van der Waals surface area contributed by atoms with Gasteiger partial charge in [0, 0.05) is 13.1 Å². The fourth-order valence-electron chi connectivity index (χ4n) is 1.72. The maximum Gasteiger partial charge on any atom is 0.305 e. The van der Waals surface area contributed by atoms with Crippen LogP contribution < -0.4 is 10.6 Å². The minimum atomic E-state index is -0.588. The fraction of sp³-hybridized carbons (Fsp3) is 0.167. The Morgan fingerprint density at radius 3 is 2.85 bits per heavy atom. The summed E-state index contributed by atoms with van der Waals surface area (Å²) in [6.07, 6.45) is 1.45. The number of benzene rings is 1. The predicted octanol–water partition coefficient (Wildman–Crippen LogP) is 1.55. The second kappa shape index (κ2) is 5.83. The van der Waals surface area contributed by atoms with Crippen LogP contribution in [-0.4, -0.2) is 23.0 Å². The standard InChI is InChI=1S/C12H12N4O4/c1-13-10-4-2-3-9(11(10)16(18)19)12(17)14-7-8-5-6-15-20-8/h2-6,13H,7H2,1H3,(H,14,17). The van der Waals surface area contributed by atoms with Crippen molar-refractivity contribution in [2.24, 2.45) is 0 Å². The summed E-state index contributed by atoms with van der Waals surface area (Å²) >= 11 is 0. The molecule has 0 atom stereocenters. The van der Waals surface area contributed by atoms with Gasteiger partial charge in [-0.2, -0.15) is 0 Å². The molecule has 2 rings (SSSR count). The Hall–Kier alpha value is -2.90. The molecule has 20 heavy (non-hydrogen) atoms. The van der Waals surface area contributed by atoms with Crippen LogP contribution in [0.25, 0.3) is 0 Å². The number of nitro groups is 1. The highest BCUT2D eigenvalue weighted by Gasteiger charge is 2.23. The van der Waals surface area contributed by atoms with Crippen LogP contribution in [-0.2, 0) is 6.54 Å². The smallest absolute Gasteiger partial charge is 0.305 e. The highest BCUT2D eigenvalue weighted by atomic mass is 16.6. The lowest BCUT2D eigenvalue weighted by Crippen LogP contribution is -2.23. The maximum atomic E-state index is 12.0. The molecule has 0 unspecified atom stereocenters. The number of nitrogens with one attached hydrogen (secondary N) is 2. The highest BCUT2D eigenvalue weighted by Crippen LogP contribution is 2.28. The van der Waals surface area contributed by atoms with Gasteiger partial charge in [0.2, 0.25) is 0 Å². The van der Waals surface area contributed by atoms with Crippen LogP contribution in [0.5, 0.6) is 0 Å². The van der Waals surface area contributed by atoms with E-state index in [0.29, 0.717) is 5.76 Å². The number of anilines is 1. The van der Waals surface area contributed by atoms with E-state index in [-0.39, 0.29) is 23.5 Å². The molecule has 0 saturated heterocycles. The second-order valence-corrected chi connectivity index (χ2v) is 3.87. The summed E-state index contributed by atoms with van der Waals surface area (Å²) in [4.78, 5) is 22.5. The molecule has 1 aromatic carbocycles. The molecule has 0 fully saturated rings. The third-order valence-corrected chi connectivity index (χ3v) is 2.65. The van der Waals surface area contributed by atoms with Gasteiger partial charge in [-0.1, -0.05) is 11.2 Å². The highest BCUT2D eigenvalue weighted by molar-refractivity contribution is 6.00. The molecule has 0 aliphatic carbocycles. The number of nitro benzene ring substituents is 1. The lowest BCUT2D eigenvalue weighted by molar-refractivity contribution is -0.384. The Labute approximate surface area is 113 Å². The van der Waals surface area contributed by atoms with Crippen molar-refractivity contribution in [3.63, 3.8) is 0 Å². The number of rotatable bonds is 5. The van der Waals surface area contributed by atoms with Gasteiger partial charge in [-0.25, -0.2) is 0 Å². The van der Waals surface area contributed by atoms with Crippen LogP contribution in [0.3, 0.4) is 0 Å². The van der Waals surface area contributed by atoms with Gasteiger partial charge in [-0.05, 0) is 12.1 Å². The summed E-state index contributed by atoms with van der Waals surface area (Å²) in [7, 11) is 1.55. The molecule has 0 aliphatic rings. The summed E-state index contributed by atoms with van der Waals surface area (Å²) in [5, 5.41) is 19.8. The van der Waals surface area contributed by atoms with Crippen LogP contribution in [0.1, 0.15) is 16.1 Å². The van der Waals surface area contributed by atoms with Gasteiger partial charge in [0.05, 0.1) is 17.7 Å². The quantitative estimate of drug-likeness (QED) is 0.633. The van der Waals surface area contributed by atoms with Gasteiger partial charge in [0.15, 0.2) is 5.76 Å². The van der Waals surface area contributed by atoms with E-state index in [1.807, 2.05) is 0 Å². The van der Waals surface area contributed by atoms with Gasteiger partial charge in [0.1, 0.15) is 11.3 Å². The largest absolute Gasteiger partial charge is 0.383 e. The van der Waals surface area contributed by atoms with E-state index in [1.54, 1.807) is 19.2 Å². The third kappa shape index (κ3) is 2.74. The summed E-state index contributed by atoms with van der Waals surface area (Å²) in [6.45, 7) is 0.111.